The van der Waals surface area contributed by atoms with Gasteiger partial charge in [0.15, 0.2) is 4.80 Å². The number of anilines is 1. The fourth-order valence-corrected chi connectivity index (χ4v) is 7.11. The first kappa shape index (κ1) is 29.7. The van der Waals surface area contributed by atoms with Crippen LogP contribution < -0.4 is 24.9 Å². The van der Waals surface area contributed by atoms with Crippen LogP contribution in [0.2, 0.25) is 0 Å². The Labute approximate surface area is 274 Å². The molecule has 0 radical (unpaired) electrons. The van der Waals surface area contributed by atoms with E-state index in [0.29, 0.717) is 44.1 Å². The Hall–Kier alpha value is -5.98. The molecule has 0 fully saturated rings. The minimum atomic E-state index is -0.726. The number of benzene rings is 4. The van der Waals surface area contributed by atoms with Crippen molar-refractivity contribution in [2.75, 3.05) is 12.4 Å². The number of carbonyl (C=O) groups excluding carboxylic acids is 1. The molecule has 1 aliphatic rings. The molecule has 0 spiro atoms. The Morgan fingerprint density at radius 1 is 1.02 bits per heavy atom. The van der Waals surface area contributed by atoms with Crippen LogP contribution >= 0.6 is 11.3 Å². The lowest BCUT2D eigenvalue weighted by atomic mass is 9.95. The molecule has 9 heteroatoms. The normalized spacial score (nSPS) is 14.4. The maximum atomic E-state index is 14.4. The Kier molecular flexibility index (Phi) is 7.86. The molecule has 1 aliphatic heterocycles. The molecule has 1 amide bonds. The van der Waals surface area contributed by atoms with E-state index in [0.717, 1.165) is 27.6 Å². The number of carbonyl (C=O) groups is 1. The Bertz CT molecular complexity index is 2430. The highest BCUT2D eigenvalue weighted by atomic mass is 32.1. The summed E-state index contributed by atoms with van der Waals surface area (Å²) >= 11 is 1.29. The number of amides is 1. The summed E-state index contributed by atoms with van der Waals surface area (Å²) in [6.45, 7) is 2.31. The largest absolute Gasteiger partial charge is 0.497 e. The number of hydrogen-bond acceptors (Lipinski definition) is 6. The van der Waals surface area contributed by atoms with Crippen LogP contribution in [0.1, 0.15) is 35.2 Å². The Balaban J connectivity index is 1.37. The number of hydrogen-bond donors (Lipinski definition) is 1. The first-order valence-corrected chi connectivity index (χ1v) is 15.9. The van der Waals surface area contributed by atoms with Crippen LogP contribution in [0.5, 0.6) is 5.75 Å². The molecule has 0 saturated heterocycles. The topological polar surface area (TPSA) is 101 Å². The minimum absolute atomic E-state index is 0.245. The zero-order valence-corrected chi connectivity index (χ0v) is 26.5. The minimum Gasteiger partial charge on any atom is -0.497 e. The zero-order chi connectivity index (χ0) is 32.5. The summed E-state index contributed by atoms with van der Waals surface area (Å²) in [7, 11) is 1.59. The van der Waals surface area contributed by atoms with Gasteiger partial charge in [0.05, 0.1) is 40.6 Å². The summed E-state index contributed by atoms with van der Waals surface area (Å²) in [6.07, 6.45) is 3.91. The number of rotatable bonds is 7. The smallest absolute Gasteiger partial charge is 0.271 e. The monoisotopic (exact) mass is 635 g/mol. The molecule has 2 aromatic heterocycles. The van der Waals surface area contributed by atoms with Gasteiger partial charge in [-0.1, -0.05) is 78.1 Å². The van der Waals surface area contributed by atoms with Crippen molar-refractivity contribution in [2.45, 2.75) is 19.5 Å². The number of thiazole rings is 1. The summed E-state index contributed by atoms with van der Waals surface area (Å²) in [5.41, 5.74) is 5.45. The number of ether oxygens (including phenoxy) is 1. The maximum Gasteiger partial charge on any atom is 0.271 e. The van der Waals surface area contributed by atoms with Crippen molar-refractivity contribution in [1.29, 1.82) is 5.26 Å². The lowest BCUT2D eigenvalue weighted by molar-refractivity contribution is -0.113. The van der Waals surface area contributed by atoms with E-state index >= 15 is 0 Å². The average molecular weight is 636 g/mol. The van der Waals surface area contributed by atoms with Crippen molar-refractivity contribution < 1.29 is 9.53 Å². The number of para-hydroxylation sites is 2. The lowest BCUT2D eigenvalue weighted by Crippen LogP contribution is -2.40. The summed E-state index contributed by atoms with van der Waals surface area (Å²) in [5.74, 6) is 0.285. The van der Waals surface area contributed by atoms with Gasteiger partial charge in [-0.05, 0) is 60.5 Å². The SMILES string of the molecule is COc1cccc([C@@H]2C(C(=O)Nc3ccccc3)=C(C)N=c3s/c(=C\c4cn(Cc5ccccc5C#N)c5ccccc45)c(=O)n32)c1. The molecule has 8 nitrogen and oxygen atoms in total. The number of nitriles is 1. The molecule has 4 aromatic carbocycles. The van der Waals surface area contributed by atoms with Gasteiger partial charge in [0.25, 0.3) is 11.5 Å². The second-order valence-electron chi connectivity index (χ2n) is 11.2. The van der Waals surface area contributed by atoms with E-state index in [4.69, 9.17) is 9.73 Å². The van der Waals surface area contributed by atoms with E-state index in [1.807, 2.05) is 115 Å². The highest BCUT2D eigenvalue weighted by Gasteiger charge is 2.33. The molecular weight excluding hydrogens is 607 g/mol. The number of nitrogens with zero attached hydrogens (tertiary/aromatic N) is 4. The van der Waals surface area contributed by atoms with Crippen molar-refractivity contribution in [2.24, 2.45) is 4.99 Å². The third-order valence-electron chi connectivity index (χ3n) is 8.29. The van der Waals surface area contributed by atoms with Crippen molar-refractivity contribution in [1.82, 2.24) is 9.13 Å². The predicted octanol–water partition coefficient (Wildman–Crippen LogP) is 5.76. The third-order valence-corrected chi connectivity index (χ3v) is 9.27. The highest BCUT2D eigenvalue weighted by molar-refractivity contribution is 7.07. The molecule has 0 saturated carbocycles. The van der Waals surface area contributed by atoms with Gasteiger partial charge < -0.3 is 14.6 Å². The molecule has 1 N–H and O–H groups in total. The molecule has 230 valence electrons. The predicted molar refractivity (Wildman–Crippen MR) is 184 cm³/mol. The van der Waals surface area contributed by atoms with Crippen LogP contribution in [0.3, 0.4) is 0 Å². The molecule has 0 unspecified atom stereocenters. The van der Waals surface area contributed by atoms with Gasteiger partial charge >= 0.3 is 0 Å². The van der Waals surface area contributed by atoms with Crippen LogP contribution in [0.15, 0.2) is 130 Å². The first-order chi connectivity index (χ1) is 22.9. The van der Waals surface area contributed by atoms with E-state index in [9.17, 15) is 14.9 Å². The zero-order valence-electron chi connectivity index (χ0n) is 25.7. The fraction of sp³-hybridized carbons (Fsp3) is 0.105. The Morgan fingerprint density at radius 3 is 2.60 bits per heavy atom. The lowest BCUT2D eigenvalue weighted by Gasteiger charge is -2.25. The summed E-state index contributed by atoms with van der Waals surface area (Å²) in [6, 6.07) is 33.8. The number of allylic oxidation sites excluding steroid dienone is 1. The van der Waals surface area contributed by atoms with Crippen LogP contribution in [-0.2, 0) is 11.3 Å². The van der Waals surface area contributed by atoms with Gasteiger partial charge in [-0.25, -0.2) is 4.99 Å². The second-order valence-corrected chi connectivity index (χ2v) is 12.2. The van der Waals surface area contributed by atoms with Gasteiger partial charge in [-0.3, -0.25) is 14.2 Å². The number of nitrogens with one attached hydrogen (secondary N) is 1. The van der Waals surface area contributed by atoms with Crippen LogP contribution in [0.25, 0.3) is 17.0 Å². The van der Waals surface area contributed by atoms with Gasteiger partial charge in [-0.15, -0.1) is 0 Å². The maximum absolute atomic E-state index is 14.4. The molecule has 1 atom stereocenters. The van der Waals surface area contributed by atoms with E-state index in [1.54, 1.807) is 18.6 Å². The highest BCUT2D eigenvalue weighted by Crippen LogP contribution is 2.32. The number of aromatic nitrogens is 2. The number of fused-ring (bicyclic) bond motifs is 2. The van der Waals surface area contributed by atoms with E-state index in [1.165, 1.54) is 11.3 Å². The van der Waals surface area contributed by atoms with Gasteiger partial charge in [0.1, 0.15) is 5.75 Å². The van der Waals surface area contributed by atoms with Crippen LogP contribution in [0, 0.1) is 11.3 Å². The van der Waals surface area contributed by atoms with E-state index < -0.39 is 6.04 Å². The summed E-state index contributed by atoms with van der Waals surface area (Å²) in [4.78, 5) is 33.5. The molecule has 47 heavy (non-hydrogen) atoms. The molecular formula is C38H29N5O3S. The van der Waals surface area contributed by atoms with E-state index in [-0.39, 0.29) is 11.5 Å². The molecule has 6 aromatic rings. The average Bonchev–Trinajstić information content (AvgIpc) is 3.60. The second kappa shape index (κ2) is 12.4. The van der Waals surface area contributed by atoms with Gasteiger partial charge in [-0.2, -0.15) is 5.26 Å². The standard InChI is InChI=1S/C38H29N5O3S/c1-24-34(36(44)41-29-14-4-3-5-15-29)35(25-13-10-16-30(19-25)46-2)43-37(45)33(47-38(43)40-24)20-28-23-42(32-18-9-8-17-31(28)32)22-27-12-7-6-11-26(27)21-39/h3-20,23,35H,22H2,1-2H3,(H,41,44)/b33-20-/t35-/m1/s1. The summed E-state index contributed by atoms with van der Waals surface area (Å²) < 4.78 is 9.72. The summed E-state index contributed by atoms with van der Waals surface area (Å²) in [5, 5.41) is 13.6. The van der Waals surface area contributed by atoms with Crippen molar-refractivity contribution in [3.05, 3.63) is 163 Å². The molecule has 7 rings (SSSR count). The molecule has 0 bridgehead atoms. The van der Waals surface area contributed by atoms with Gasteiger partial charge in [0, 0.05) is 34.9 Å². The van der Waals surface area contributed by atoms with Crippen molar-refractivity contribution >= 4 is 39.9 Å². The fourth-order valence-electron chi connectivity index (χ4n) is 6.07. The quantitative estimate of drug-likeness (QED) is 0.241. The van der Waals surface area contributed by atoms with Crippen molar-refractivity contribution in [3.63, 3.8) is 0 Å². The number of methoxy groups -OCH3 is 1. The molecule has 0 aliphatic carbocycles. The van der Waals surface area contributed by atoms with Crippen LogP contribution in [0.4, 0.5) is 5.69 Å². The van der Waals surface area contributed by atoms with E-state index in [2.05, 4.69) is 16.0 Å². The van der Waals surface area contributed by atoms with Gasteiger partial charge in [0.2, 0.25) is 0 Å². The Morgan fingerprint density at radius 2 is 1.79 bits per heavy atom. The molecule has 3 heterocycles. The van der Waals surface area contributed by atoms with Crippen molar-refractivity contribution in [3.8, 4) is 11.8 Å². The third kappa shape index (κ3) is 5.56. The first-order valence-electron chi connectivity index (χ1n) is 15.0. The van der Waals surface area contributed by atoms with Crippen LogP contribution in [-0.4, -0.2) is 22.2 Å².